The highest BCUT2D eigenvalue weighted by molar-refractivity contribution is 5.79. The number of alkyl halides is 2. The van der Waals surface area contributed by atoms with Crippen LogP contribution in [0.15, 0.2) is 23.2 Å². The Morgan fingerprint density at radius 3 is 2.92 bits per heavy atom. The molecule has 1 aliphatic heterocycles. The molecule has 26 heavy (non-hydrogen) atoms. The van der Waals surface area contributed by atoms with E-state index in [1.165, 1.54) is 18.2 Å². The predicted molar refractivity (Wildman–Crippen MR) is 91.0 cm³/mol. The van der Waals surface area contributed by atoms with Gasteiger partial charge in [-0.2, -0.15) is 8.78 Å². The van der Waals surface area contributed by atoms with Gasteiger partial charge in [0.1, 0.15) is 11.6 Å². The molecule has 146 valence electrons. The van der Waals surface area contributed by atoms with Crippen LogP contribution < -0.4 is 15.4 Å². The first kappa shape index (κ1) is 20.3. The summed E-state index contributed by atoms with van der Waals surface area (Å²) in [5.41, 5.74) is 0.0142. The molecule has 2 N–H and O–H groups in total. The summed E-state index contributed by atoms with van der Waals surface area (Å²) in [6, 6.07) is 3.81. The normalized spacial score (nSPS) is 17.6. The monoisotopic (exact) mass is 375 g/mol. The summed E-state index contributed by atoms with van der Waals surface area (Å²) >= 11 is 0. The van der Waals surface area contributed by atoms with E-state index in [1.54, 1.807) is 7.05 Å². The van der Waals surface area contributed by atoms with Gasteiger partial charge in [0.05, 0.1) is 12.7 Å². The Morgan fingerprint density at radius 1 is 1.38 bits per heavy atom. The molecule has 9 heteroatoms. The van der Waals surface area contributed by atoms with Crippen LogP contribution in [0.5, 0.6) is 5.75 Å². The maximum Gasteiger partial charge on any atom is 0.387 e. The molecule has 1 heterocycles. The van der Waals surface area contributed by atoms with Gasteiger partial charge in [0.15, 0.2) is 5.96 Å². The minimum absolute atomic E-state index is 0.0142. The Kier molecular flexibility index (Phi) is 8.49. The van der Waals surface area contributed by atoms with Gasteiger partial charge >= 0.3 is 6.61 Å². The number of nitrogens with zero attached hydrogens (tertiary/aromatic N) is 1. The third-order valence-corrected chi connectivity index (χ3v) is 3.80. The van der Waals surface area contributed by atoms with Crippen LogP contribution in [0.3, 0.4) is 0 Å². The maximum atomic E-state index is 13.9. The Balaban J connectivity index is 1.74. The van der Waals surface area contributed by atoms with E-state index < -0.39 is 12.4 Å². The number of benzene rings is 1. The SMILES string of the molecule is CN=C(NCCCOC1CCOC1)NCc1c(F)cccc1OC(F)F. The second-order valence-corrected chi connectivity index (χ2v) is 5.66. The van der Waals surface area contributed by atoms with Crippen molar-refractivity contribution in [3.8, 4) is 5.75 Å². The van der Waals surface area contributed by atoms with Gasteiger partial charge in [0, 0.05) is 38.9 Å². The molecule has 0 spiro atoms. The lowest BCUT2D eigenvalue weighted by atomic mass is 10.2. The van der Waals surface area contributed by atoms with Gasteiger partial charge < -0.3 is 24.8 Å². The lowest BCUT2D eigenvalue weighted by molar-refractivity contribution is -0.0506. The summed E-state index contributed by atoms with van der Waals surface area (Å²) in [7, 11) is 1.57. The van der Waals surface area contributed by atoms with Gasteiger partial charge in [0.25, 0.3) is 0 Å². The van der Waals surface area contributed by atoms with Crippen LogP contribution >= 0.6 is 0 Å². The zero-order valence-electron chi connectivity index (χ0n) is 14.6. The van der Waals surface area contributed by atoms with E-state index in [1.807, 2.05) is 0 Å². The van der Waals surface area contributed by atoms with Crippen molar-refractivity contribution in [2.45, 2.75) is 32.1 Å². The van der Waals surface area contributed by atoms with Crippen LogP contribution in [-0.2, 0) is 16.0 Å². The highest BCUT2D eigenvalue weighted by Crippen LogP contribution is 2.23. The average molecular weight is 375 g/mol. The smallest absolute Gasteiger partial charge is 0.387 e. The predicted octanol–water partition coefficient (Wildman–Crippen LogP) is 2.29. The Bertz CT molecular complexity index is 582. The fraction of sp³-hybridized carbons (Fsp3) is 0.588. The van der Waals surface area contributed by atoms with E-state index in [0.29, 0.717) is 25.7 Å². The Labute approximate surface area is 150 Å². The number of hydrogen-bond acceptors (Lipinski definition) is 4. The molecule has 0 saturated carbocycles. The molecule has 1 aromatic carbocycles. The third kappa shape index (κ3) is 6.72. The van der Waals surface area contributed by atoms with Gasteiger partial charge in [-0.15, -0.1) is 0 Å². The number of aliphatic imine (C=N–C) groups is 1. The molecule has 1 atom stereocenters. The molecule has 0 bridgehead atoms. The van der Waals surface area contributed by atoms with E-state index in [0.717, 1.165) is 19.4 Å². The third-order valence-electron chi connectivity index (χ3n) is 3.80. The molecular formula is C17H24F3N3O3. The molecule has 1 unspecified atom stereocenters. The number of guanidine groups is 1. The van der Waals surface area contributed by atoms with E-state index >= 15 is 0 Å². The van der Waals surface area contributed by atoms with Crippen molar-refractivity contribution in [1.82, 2.24) is 10.6 Å². The molecule has 2 rings (SSSR count). The lowest BCUT2D eigenvalue weighted by Crippen LogP contribution is -2.38. The van der Waals surface area contributed by atoms with Crippen molar-refractivity contribution >= 4 is 5.96 Å². The van der Waals surface area contributed by atoms with Gasteiger partial charge in [-0.3, -0.25) is 4.99 Å². The zero-order valence-corrected chi connectivity index (χ0v) is 14.6. The largest absolute Gasteiger partial charge is 0.434 e. The minimum atomic E-state index is -3.02. The first-order valence-corrected chi connectivity index (χ1v) is 8.46. The van der Waals surface area contributed by atoms with Gasteiger partial charge in [-0.1, -0.05) is 6.07 Å². The quantitative estimate of drug-likeness (QED) is 0.394. The van der Waals surface area contributed by atoms with Crippen LogP contribution in [0, 0.1) is 5.82 Å². The Morgan fingerprint density at radius 2 is 2.23 bits per heavy atom. The average Bonchev–Trinajstić information content (AvgIpc) is 3.12. The second kappa shape index (κ2) is 10.9. The number of rotatable bonds is 9. The summed E-state index contributed by atoms with van der Waals surface area (Å²) in [5.74, 6) is -0.395. The van der Waals surface area contributed by atoms with Crippen LogP contribution in [-0.4, -0.2) is 52.1 Å². The highest BCUT2D eigenvalue weighted by Gasteiger charge is 2.16. The summed E-state index contributed by atoms with van der Waals surface area (Å²) in [4.78, 5) is 4.02. The summed E-state index contributed by atoms with van der Waals surface area (Å²) in [5, 5.41) is 5.95. The second-order valence-electron chi connectivity index (χ2n) is 5.66. The molecule has 0 aliphatic carbocycles. The molecule has 0 amide bonds. The molecule has 1 fully saturated rings. The fourth-order valence-electron chi connectivity index (χ4n) is 2.48. The van der Waals surface area contributed by atoms with Crippen molar-refractivity contribution in [3.63, 3.8) is 0 Å². The molecule has 1 aromatic rings. The number of ether oxygens (including phenoxy) is 3. The molecule has 0 aromatic heterocycles. The van der Waals surface area contributed by atoms with Crippen molar-refractivity contribution in [2.75, 3.05) is 33.4 Å². The van der Waals surface area contributed by atoms with Gasteiger partial charge in [-0.05, 0) is 25.0 Å². The summed E-state index contributed by atoms with van der Waals surface area (Å²) < 4.78 is 54.0. The van der Waals surface area contributed by atoms with E-state index in [2.05, 4.69) is 20.4 Å². The standard InChI is InChI=1S/C17H24F3N3O3/c1-21-17(22-7-3-8-25-12-6-9-24-11-12)23-10-13-14(18)4-2-5-15(13)26-16(19)20/h2,4-5,12,16H,3,6-11H2,1H3,(H2,21,22,23). The van der Waals surface area contributed by atoms with E-state index in [-0.39, 0.29) is 24.0 Å². The van der Waals surface area contributed by atoms with E-state index in [9.17, 15) is 13.2 Å². The van der Waals surface area contributed by atoms with Crippen molar-refractivity contribution in [3.05, 3.63) is 29.6 Å². The van der Waals surface area contributed by atoms with Crippen LogP contribution in [0.2, 0.25) is 0 Å². The van der Waals surface area contributed by atoms with Crippen LogP contribution in [0.1, 0.15) is 18.4 Å². The number of hydrogen-bond donors (Lipinski definition) is 2. The Hall–Kier alpha value is -2.00. The molecular weight excluding hydrogens is 351 g/mol. The summed E-state index contributed by atoms with van der Waals surface area (Å²) in [6.07, 6.45) is 1.85. The topological polar surface area (TPSA) is 64.1 Å². The van der Waals surface area contributed by atoms with Crippen molar-refractivity contribution in [1.29, 1.82) is 0 Å². The van der Waals surface area contributed by atoms with Crippen LogP contribution in [0.4, 0.5) is 13.2 Å². The minimum Gasteiger partial charge on any atom is -0.434 e. The molecule has 6 nitrogen and oxygen atoms in total. The zero-order chi connectivity index (χ0) is 18.8. The molecule has 1 saturated heterocycles. The fourth-order valence-corrected chi connectivity index (χ4v) is 2.48. The number of halogens is 3. The maximum absolute atomic E-state index is 13.9. The van der Waals surface area contributed by atoms with Gasteiger partial charge in [-0.25, -0.2) is 4.39 Å². The first-order valence-electron chi connectivity index (χ1n) is 8.46. The summed E-state index contributed by atoms with van der Waals surface area (Å²) in [6.45, 7) is -0.472. The van der Waals surface area contributed by atoms with E-state index in [4.69, 9.17) is 9.47 Å². The van der Waals surface area contributed by atoms with Crippen molar-refractivity contribution < 1.29 is 27.4 Å². The first-order chi connectivity index (χ1) is 12.6. The molecule has 1 aliphatic rings. The van der Waals surface area contributed by atoms with Gasteiger partial charge in [0.2, 0.25) is 0 Å². The van der Waals surface area contributed by atoms with Crippen LogP contribution in [0.25, 0.3) is 0 Å². The van der Waals surface area contributed by atoms with Crippen molar-refractivity contribution in [2.24, 2.45) is 4.99 Å². The lowest BCUT2D eigenvalue weighted by Gasteiger charge is -2.15. The number of nitrogens with one attached hydrogen (secondary N) is 2. The molecule has 0 radical (unpaired) electrons. The highest BCUT2D eigenvalue weighted by atomic mass is 19.3.